The lowest BCUT2D eigenvalue weighted by Gasteiger charge is -2.20. The number of allylic oxidation sites excluding steroid dienone is 3. The molecule has 1 aliphatic carbocycles. The molecule has 0 radical (unpaired) electrons. The number of carbonyl (C=O) groups is 1. The number of thioether (sulfide) groups is 1. The molecule has 1 unspecified atom stereocenters. The highest BCUT2D eigenvalue weighted by Crippen LogP contribution is 2.31. The van der Waals surface area contributed by atoms with E-state index in [-0.39, 0.29) is 16.0 Å². The molecule has 0 aliphatic heterocycles. The summed E-state index contributed by atoms with van der Waals surface area (Å²) in [6.45, 7) is 2.09. The van der Waals surface area contributed by atoms with Crippen molar-refractivity contribution in [2.24, 2.45) is 0 Å². The molecular formula is C19H22N4O4S2. The molecule has 1 amide bonds. The number of benzene rings is 1. The Morgan fingerprint density at radius 1 is 1.41 bits per heavy atom. The molecule has 1 atom stereocenters. The fourth-order valence-electron chi connectivity index (χ4n) is 2.57. The number of non-ortho nitro benzene ring substituents is 1. The van der Waals surface area contributed by atoms with Crippen LogP contribution >= 0.6 is 24.0 Å². The van der Waals surface area contributed by atoms with Gasteiger partial charge in [-0.25, -0.2) is 4.79 Å². The first kappa shape index (κ1) is 22.6. The van der Waals surface area contributed by atoms with Crippen LogP contribution in [-0.2, 0) is 11.2 Å². The summed E-state index contributed by atoms with van der Waals surface area (Å²) in [4.78, 5) is 22.6. The summed E-state index contributed by atoms with van der Waals surface area (Å²) in [7, 11) is 1.24. The van der Waals surface area contributed by atoms with Gasteiger partial charge in [-0.2, -0.15) is 0 Å². The number of hydrogen-bond donors (Lipinski definition) is 3. The number of nitrogens with zero attached hydrogens (tertiary/aromatic N) is 1. The van der Waals surface area contributed by atoms with Gasteiger partial charge >= 0.3 is 6.09 Å². The summed E-state index contributed by atoms with van der Waals surface area (Å²) >= 11 is 6.74. The minimum absolute atomic E-state index is 0.0667. The number of carbonyl (C=O) groups excluding carboxylic acids is 1. The van der Waals surface area contributed by atoms with Crippen LogP contribution in [0.1, 0.15) is 25.3 Å². The van der Waals surface area contributed by atoms with Crippen molar-refractivity contribution >= 4 is 46.6 Å². The minimum atomic E-state index is -0.676. The SMILES string of the molecule is CCC(Cc1ccc([N+](=O)[O-])cc1)SC1=CCC(=N)C(NC(=S)NC(=O)OC)=C1. The Labute approximate surface area is 178 Å². The van der Waals surface area contributed by atoms with E-state index in [4.69, 9.17) is 17.6 Å². The topological polar surface area (TPSA) is 117 Å². The lowest BCUT2D eigenvalue weighted by atomic mass is 10.1. The maximum atomic E-state index is 11.2. The predicted molar refractivity (Wildman–Crippen MR) is 118 cm³/mol. The van der Waals surface area contributed by atoms with Crippen molar-refractivity contribution in [2.75, 3.05) is 7.11 Å². The third-order valence-electron chi connectivity index (χ3n) is 4.14. The fourth-order valence-corrected chi connectivity index (χ4v) is 3.96. The molecule has 3 N–H and O–H groups in total. The van der Waals surface area contributed by atoms with Crippen molar-refractivity contribution in [1.29, 1.82) is 5.41 Å². The second-order valence-electron chi connectivity index (χ2n) is 6.19. The molecule has 154 valence electrons. The number of nitro groups is 1. The second kappa shape index (κ2) is 10.7. The average molecular weight is 435 g/mol. The lowest BCUT2D eigenvalue weighted by Crippen LogP contribution is -2.40. The van der Waals surface area contributed by atoms with Gasteiger partial charge in [0.15, 0.2) is 5.11 Å². The first-order chi connectivity index (χ1) is 13.8. The predicted octanol–water partition coefficient (Wildman–Crippen LogP) is 4.07. The maximum Gasteiger partial charge on any atom is 0.413 e. The highest BCUT2D eigenvalue weighted by Gasteiger charge is 2.17. The zero-order chi connectivity index (χ0) is 21.4. The molecule has 8 nitrogen and oxygen atoms in total. The zero-order valence-corrected chi connectivity index (χ0v) is 17.7. The summed E-state index contributed by atoms with van der Waals surface area (Å²) in [5, 5.41) is 24.4. The Balaban J connectivity index is 2.01. The van der Waals surface area contributed by atoms with Crippen LogP contribution in [0.3, 0.4) is 0 Å². The van der Waals surface area contributed by atoms with Crippen LogP contribution in [0.25, 0.3) is 0 Å². The van der Waals surface area contributed by atoms with Crippen molar-refractivity contribution < 1.29 is 14.5 Å². The molecule has 1 aromatic rings. The van der Waals surface area contributed by atoms with Crippen LogP contribution in [0.4, 0.5) is 10.5 Å². The van der Waals surface area contributed by atoms with E-state index in [0.717, 1.165) is 23.3 Å². The summed E-state index contributed by atoms with van der Waals surface area (Å²) in [5.41, 5.74) is 2.01. The number of amides is 1. The van der Waals surface area contributed by atoms with E-state index in [9.17, 15) is 14.9 Å². The Kier molecular flexibility index (Phi) is 8.34. The van der Waals surface area contributed by atoms with Crippen LogP contribution in [-0.4, -0.2) is 34.2 Å². The smallest absolute Gasteiger partial charge is 0.413 e. The number of methoxy groups -OCH3 is 1. The normalized spacial score (nSPS) is 14.3. The third-order valence-corrected chi connectivity index (χ3v) is 5.73. The van der Waals surface area contributed by atoms with Gasteiger partial charge in [-0.1, -0.05) is 25.1 Å². The number of hydrogen-bond acceptors (Lipinski definition) is 7. The van der Waals surface area contributed by atoms with E-state index < -0.39 is 11.0 Å². The largest absolute Gasteiger partial charge is 0.453 e. The van der Waals surface area contributed by atoms with Gasteiger partial charge in [-0.15, -0.1) is 11.8 Å². The maximum absolute atomic E-state index is 11.2. The monoisotopic (exact) mass is 434 g/mol. The Morgan fingerprint density at radius 2 is 2.10 bits per heavy atom. The quantitative estimate of drug-likeness (QED) is 0.336. The molecule has 0 heterocycles. The molecule has 0 spiro atoms. The molecule has 2 rings (SSSR count). The van der Waals surface area contributed by atoms with Gasteiger partial charge in [0.1, 0.15) is 0 Å². The Bertz CT molecular complexity index is 865. The van der Waals surface area contributed by atoms with Gasteiger partial charge in [-0.05, 0) is 36.7 Å². The van der Waals surface area contributed by atoms with Gasteiger partial charge in [0.25, 0.3) is 5.69 Å². The summed E-state index contributed by atoms with van der Waals surface area (Å²) in [5.74, 6) is 0. The third kappa shape index (κ3) is 6.99. The molecule has 0 saturated carbocycles. The molecule has 0 bridgehead atoms. The molecular weight excluding hydrogens is 412 g/mol. The molecule has 1 aliphatic rings. The van der Waals surface area contributed by atoms with Crippen molar-refractivity contribution in [3.8, 4) is 0 Å². The van der Waals surface area contributed by atoms with Gasteiger partial charge in [0.2, 0.25) is 0 Å². The van der Waals surface area contributed by atoms with E-state index in [1.165, 1.54) is 19.2 Å². The second-order valence-corrected chi connectivity index (χ2v) is 7.98. The number of thiocarbonyl (C=S) groups is 1. The van der Waals surface area contributed by atoms with E-state index in [1.54, 1.807) is 23.9 Å². The van der Waals surface area contributed by atoms with Crippen molar-refractivity contribution in [3.63, 3.8) is 0 Å². The van der Waals surface area contributed by atoms with Crippen LogP contribution in [0.5, 0.6) is 0 Å². The molecule has 0 fully saturated rings. The minimum Gasteiger partial charge on any atom is -0.453 e. The number of nitro benzene ring substituents is 1. The van der Waals surface area contributed by atoms with Crippen molar-refractivity contribution in [2.45, 2.75) is 31.4 Å². The Morgan fingerprint density at radius 3 is 2.69 bits per heavy atom. The van der Waals surface area contributed by atoms with Crippen LogP contribution < -0.4 is 10.6 Å². The van der Waals surface area contributed by atoms with Gasteiger partial charge < -0.3 is 15.5 Å². The van der Waals surface area contributed by atoms with Gasteiger partial charge in [-0.3, -0.25) is 15.4 Å². The Hall–Kier alpha value is -2.72. The van der Waals surface area contributed by atoms with Crippen LogP contribution in [0.2, 0.25) is 0 Å². The highest BCUT2D eigenvalue weighted by atomic mass is 32.2. The summed E-state index contributed by atoms with van der Waals surface area (Å²) in [6, 6.07) is 6.61. The summed E-state index contributed by atoms with van der Waals surface area (Å²) in [6.07, 6.45) is 5.27. The fraction of sp³-hybridized carbons (Fsp3) is 0.316. The van der Waals surface area contributed by atoms with E-state index in [2.05, 4.69) is 22.3 Å². The highest BCUT2D eigenvalue weighted by molar-refractivity contribution is 8.03. The van der Waals surface area contributed by atoms with E-state index in [0.29, 0.717) is 17.8 Å². The number of nitrogens with one attached hydrogen (secondary N) is 3. The lowest BCUT2D eigenvalue weighted by molar-refractivity contribution is -0.384. The van der Waals surface area contributed by atoms with Gasteiger partial charge in [0.05, 0.1) is 23.4 Å². The van der Waals surface area contributed by atoms with E-state index >= 15 is 0 Å². The average Bonchev–Trinajstić information content (AvgIpc) is 2.70. The van der Waals surface area contributed by atoms with Crippen molar-refractivity contribution in [1.82, 2.24) is 10.6 Å². The number of alkyl carbamates (subject to hydrolysis) is 1. The van der Waals surface area contributed by atoms with Crippen molar-refractivity contribution in [3.05, 3.63) is 62.7 Å². The standard InChI is InChI=1S/C19H22N4O4S2/c1-3-14(10-12-4-6-13(7-5-12)23(25)26)29-15-8-9-16(20)17(11-15)21-18(28)22-19(24)27-2/h4-8,11,14,20H,3,9-10H2,1-2H3,(H2,21,22,24,28). The van der Waals surface area contributed by atoms with Crippen LogP contribution in [0.15, 0.2) is 47.0 Å². The molecule has 10 heteroatoms. The first-order valence-corrected chi connectivity index (χ1v) is 10.2. The number of rotatable bonds is 7. The zero-order valence-electron chi connectivity index (χ0n) is 16.1. The molecule has 0 saturated heterocycles. The molecule has 0 aromatic heterocycles. The molecule has 1 aromatic carbocycles. The van der Waals surface area contributed by atoms with Crippen LogP contribution in [0, 0.1) is 15.5 Å². The van der Waals surface area contributed by atoms with E-state index in [1.807, 2.05) is 12.2 Å². The molecule has 29 heavy (non-hydrogen) atoms. The first-order valence-electron chi connectivity index (χ1n) is 8.88. The summed E-state index contributed by atoms with van der Waals surface area (Å²) < 4.78 is 4.50. The van der Waals surface area contributed by atoms with Gasteiger partial charge in [0, 0.05) is 28.7 Å². The number of ether oxygens (including phenoxy) is 1.